The predicted molar refractivity (Wildman–Crippen MR) is 141 cm³/mol. The zero-order valence-electron chi connectivity index (χ0n) is 18.8. The van der Waals surface area contributed by atoms with Crippen LogP contribution in [0.1, 0.15) is 22.6 Å². The van der Waals surface area contributed by atoms with Crippen molar-refractivity contribution in [3.05, 3.63) is 138 Å². The number of nitrogens with two attached hydrogens (primary N) is 1. The van der Waals surface area contributed by atoms with Crippen LogP contribution in [0.3, 0.4) is 0 Å². The highest BCUT2D eigenvalue weighted by Gasteiger charge is 2.23. The monoisotopic (exact) mass is 428 g/mol. The second kappa shape index (κ2) is 9.22. The Hall–Kier alpha value is -4.04. The van der Waals surface area contributed by atoms with Gasteiger partial charge in [-0.3, -0.25) is 0 Å². The van der Waals surface area contributed by atoms with E-state index in [1.165, 1.54) is 22.3 Å². The van der Waals surface area contributed by atoms with Gasteiger partial charge < -0.3 is 11.1 Å². The molecule has 1 aliphatic carbocycles. The molecule has 0 saturated carbocycles. The second-order valence-corrected chi connectivity index (χ2v) is 8.62. The largest absolute Gasteiger partial charge is 0.398 e. The van der Waals surface area contributed by atoms with Gasteiger partial charge in [0.25, 0.3) is 0 Å². The van der Waals surface area contributed by atoms with Crippen LogP contribution >= 0.6 is 0 Å². The van der Waals surface area contributed by atoms with Gasteiger partial charge in [0.2, 0.25) is 0 Å². The Morgan fingerprint density at radius 1 is 0.727 bits per heavy atom. The standard InChI is InChI=1S/C31H28N2/c1-22-12-16-27(17-13-22)33-31-21-26(14-18-28(31)23-8-4-2-5-9-23)25-15-19-30(32)29(20-25)24-10-6-3-7-11-24/h2-21,28,31,33H,32H2,1H3. The minimum Gasteiger partial charge on any atom is -0.398 e. The number of nitrogen functional groups attached to an aromatic ring is 1. The van der Waals surface area contributed by atoms with Gasteiger partial charge >= 0.3 is 0 Å². The zero-order valence-corrected chi connectivity index (χ0v) is 18.8. The molecular weight excluding hydrogens is 400 g/mol. The minimum atomic E-state index is 0.132. The molecule has 4 aromatic rings. The fourth-order valence-electron chi connectivity index (χ4n) is 4.44. The summed E-state index contributed by atoms with van der Waals surface area (Å²) in [7, 11) is 0. The lowest BCUT2D eigenvalue weighted by Gasteiger charge is -2.29. The van der Waals surface area contributed by atoms with Crippen LogP contribution in [-0.2, 0) is 0 Å². The van der Waals surface area contributed by atoms with Crippen molar-refractivity contribution >= 4 is 16.9 Å². The van der Waals surface area contributed by atoms with Gasteiger partial charge in [-0.2, -0.15) is 0 Å². The van der Waals surface area contributed by atoms with Crippen LogP contribution in [0, 0.1) is 6.92 Å². The van der Waals surface area contributed by atoms with Gasteiger partial charge in [-0.25, -0.2) is 0 Å². The first-order valence-electron chi connectivity index (χ1n) is 11.4. The number of allylic oxidation sites excluding steroid dienone is 2. The van der Waals surface area contributed by atoms with Gasteiger partial charge in [-0.1, -0.05) is 103 Å². The maximum atomic E-state index is 6.34. The molecule has 0 fully saturated rings. The van der Waals surface area contributed by atoms with Crippen LogP contribution in [0.4, 0.5) is 11.4 Å². The van der Waals surface area contributed by atoms with Crippen molar-refractivity contribution < 1.29 is 0 Å². The van der Waals surface area contributed by atoms with Gasteiger partial charge in [0, 0.05) is 22.9 Å². The Morgan fingerprint density at radius 3 is 2.15 bits per heavy atom. The number of anilines is 2. The molecule has 0 aromatic heterocycles. The van der Waals surface area contributed by atoms with E-state index in [-0.39, 0.29) is 12.0 Å². The summed E-state index contributed by atoms with van der Waals surface area (Å²) in [6, 6.07) is 36.1. The quantitative estimate of drug-likeness (QED) is 0.324. The zero-order chi connectivity index (χ0) is 22.6. The first-order chi connectivity index (χ1) is 16.2. The summed E-state index contributed by atoms with van der Waals surface area (Å²) < 4.78 is 0. The third kappa shape index (κ3) is 4.61. The lowest BCUT2D eigenvalue weighted by molar-refractivity contribution is 0.758. The second-order valence-electron chi connectivity index (χ2n) is 8.62. The minimum absolute atomic E-state index is 0.132. The summed E-state index contributed by atoms with van der Waals surface area (Å²) in [5.74, 6) is 0.249. The molecule has 0 radical (unpaired) electrons. The number of nitrogens with one attached hydrogen (secondary N) is 1. The van der Waals surface area contributed by atoms with Crippen LogP contribution in [0.2, 0.25) is 0 Å². The number of hydrogen-bond donors (Lipinski definition) is 2. The van der Waals surface area contributed by atoms with E-state index in [1.807, 2.05) is 24.3 Å². The first-order valence-corrected chi connectivity index (χ1v) is 11.4. The summed E-state index contributed by atoms with van der Waals surface area (Å²) in [6.07, 6.45) is 6.90. The van der Waals surface area contributed by atoms with Gasteiger partial charge in [0.1, 0.15) is 0 Å². The molecule has 162 valence electrons. The van der Waals surface area contributed by atoms with Crippen molar-refractivity contribution in [3.63, 3.8) is 0 Å². The maximum absolute atomic E-state index is 6.34. The molecule has 3 N–H and O–H groups in total. The Kier molecular flexibility index (Phi) is 5.82. The maximum Gasteiger partial charge on any atom is 0.0556 e. The molecule has 2 unspecified atom stereocenters. The van der Waals surface area contributed by atoms with E-state index in [4.69, 9.17) is 5.73 Å². The third-order valence-corrected chi connectivity index (χ3v) is 6.27. The van der Waals surface area contributed by atoms with Gasteiger partial charge in [0.15, 0.2) is 0 Å². The van der Waals surface area contributed by atoms with Crippen molar-refractivity contribution in [3.8, 4) is 11.1 Å². The molecule has 0 spiro atoms. The molecule has 2 heteroatoms. The normalized spacial score (nSPS) is 17.4. The Balaban J connectivity index is 1.52. The van der Waals surface area contributed by atoms with Crippen molar-refractivity contribution in [1.29, 1.82) is 0 Å². The van der Waals surface area contributed by atoms with E-state index >= 15 is 0 Å². The van der Waals surface area contributed by atoms with Gasteiger partial charge in [0.05, 0.1) is 6.04 Å². The molecule has 4 aromatic carbocycles. The summed E-state index contributed by atoms with van der Waals surface area (Å²) in [6.45, 7) is 2.11. The van der Waals surface area contributed by atoms with E-state index in [2.05, 4.69) is 109 Å². The van der Waals surface area contributed by atoms with Crippen molar-refractivity contribution in [2.75, 3.05) is 11.1 Å². The van der Waals surface area contributed by atoms with E-state index in [0.717, 1.165) is 22.5 Å². The molecule has 5 rings (SSSR count). The fourth-order valence-corrected chi connectivity index (χ4v) is 4.44. The van der Waals surface area contributed by atoms with Gasteiger partial charge in [-0.15, -0.1) is 0 Å². The van der Waals surface area contributed by atoms with E-state index in [1.54, 1.807) is 0 Å². The Bertz CT molecular complexity index is 1290. The average Bonchev–Trinajstić information content (AvgIpc) is 2.87. The smallest absolute Gasteiger partial charge is 0.0556 e. The molecule has 0 aliphatic heterocycles. The molecule has 2 nitrogen and oxygen atoms in total. The molecule has 0 bridgehead atoms. The van der Waals surface area contributed by atoms with Crippen molar-refractivity contribution in [2.24, 2.45) is 0 Å². The first kappa shape index (κ1) is 20.8. The summed E-state index contributed by atoms with van der Waals surface area (Å²) in [4.78, 5) is 0. The lowest BCUT2D eigenvalue weighted by atomic mass is 9.83. The van der Waals surface area contributed by atoms with Crippen LogP contribution in [-0.4, -0.2) is 6.04 Å². The van der Waals surface area contributed by atoms with E-state index in [9.17, 15) is 0 Å². The molecular formula is C31H28N2. The highest BCUT2D eigenvalue weighted by molar-refractivity contribution is 5.84. The molecule has 33 heavy (non-hydrogen) atoms. The third-order valence-electron chi connectivity index (χ3n) is 6.27. The van der Waals surface area contributed by atoms with E-state index in [0.29, 0.717) is 0 Å². The predicted octanol–water partition coefficient (Wildman–Crippen LogP) is 7.46. The highest BCUT2D eigenvalue weighted by atomic mass is 14.9. The number of benzene rings is 4. The number of aryl methyl sites for hydroxylation is 1. The average molecular weight is 429 g/mol. The highest BCUT2D eigenvalue weighted by Crippen LogP contribution is 2.35. The van der Waals surface area contributed by atoms with Crippen LogP contribution < -0.4 is 11.1 Å². The van der Waals surface area contributed by atoms with Crippen molar-refractivity contribution in [2.45, 2.75) is 18.9 Å². The molecule has 0 amide bonds. The molecule has 1 aliphatic rings. The topological polar surface area (TPSA) is 38.0 Å². The Labute approximate surface area is 196 Å². The lowest BCUT2D eigenvalue weighted by Crippen LogP contribution is -2.26. The summed E-state index contributed by atoms with van der Waals surface area (Å²) >= 11 is 0. The van der Waals surface area contributed by atoms with Crippen LogP contribution in [0.5, 0.6) is 0 Å². The molecule has 0 saturated heterocycles. The number of hydrogen-bond acceptors (Lipinski definition) is 2. The molecule has 2 atom stereocenters. The Morgan fingerprint density at radius 2 is 1.42 bits per heavy atom. The summed E-state index contributed by atoms with van der Waals surface area (Å²) in [5, 5.41) is 3.76. The van der Waals surface area contributed by atoms with E-state index < -0.39 is 0 Å². The summed E-state index contributed by atoms with van der Waals surface area (Å²) in [5.41, 5.74) is 15.4. The van der Waals surface area contributed by atoms with Crippen molar-refractivity contribution in [1.82, 2.24) is 0 Å². The van der Waals surface area contributed by atoms with Gasteiger partial charge in [-0.05, 0) is 53.5 Å². The fraction of sp³-hybridized carbons (Fsp3) is 0.0968. The molecule has 0 heterocycles. The van der Waals surface area contributed by atoms with Crippen LogP contribution in [0.25, 0.3) is 16.7 Å². The van der Waals surface area contributed by atoms with Crippen LogP contribution in [0.15, 0.2) is 121 Å². The SMILES string of the molecule is Cc1ccc(NC2C=C(c3ccc(N)c(-c4ccccc4)c3)C=CC2c2ccccc2)cc1. The number of rotatable bonds is 5.